The summed E-state index contributed by atoms with van der Waals surface area (Å²) in [4.78, 5) is 13.4. The number of carbonyl (C=O) groups is 1. The fourth-order valence-electron chi connectivity index (χ4n) is 2.46. The van der Waals surface area contributed by atoms with Gasteiger partial charge in [0, 0.05) is 37.9 Å². The Morgan fingerprint density at radius 1 is 1.56 bits per heavy atom. The first-order valence-corrected chi connectivity index (χ1v) is 5.81. The lowest BCUT2D eigenvalue weighted by Crippen LogP contribution is -2.32. The van der Waals surface area contributed by atoms with Crippen molar-refractivity contribution < 1.29 is 4.79 Å². The van der Waals surface area contributed by atoms with Gasteiger partial charge in [0.05, 0.1) is 6.04 Å². The van der Waals surface area contributed by atoms with Crippen LogP contribution in [0, 0.1) is 0 Å². The number of hydrogen-bond acceptors (Lipinski definition) is 2. The number of rotatable bonds is 3. The lowest BCUT2D eigenvalue weighted by atomic mass is 10.1. The van der Waals surface area contributed by atoms with Crippen LogP contribution in [0.1, 0.15) is 31.5 Å². The van der Waals surface area contributed by atoms with Crippen LogP contribution in [0.15, 0.2) is 18.3 Å². The molecule has 4 nitrogen and oxygen atoms in total. The van der Waals surface area contributed by atoms with Crippen molar-refractivity contribution in [3.63, 3.8) is 0 Å². The molecule has 0 unspecified atom stereocenters. The summed E-state index contributed by atoms with van der Waals surface area (Å²) in [5.41, 5.74) is 7.20. The predicted octanol–water partition coefficient (Wildman–Crippen LogP) is 1.13. The number of aromatic nitrogens is 1. The highest BCUT2D eigenvalue weighted by atomic mass is 16.2. The third-order valence-electron chi connectivity index (χ3n) is 3.26. The molecule has 88 valence electrons. The summed E-state index contributed by atoms with van der Waals surface area (Å²) in [5, 5.41) is 0. The van der Waals surface area contributed by atoms with E-state index < -0.39 is 0 Å². The molecule has 1 aromatic heterocycles. The number of nitrogens with zero attached hydrogens (tertiary/aromatic N) is 2. The van der Waals surface area contributed by atoms with Gasteiger partial charge in [0.1, 0.15) is 0 Å². The minimum Gasteiger partial charge on any atom is -0.350 e. The van der Waals surface area contributed by atoms with E-state index in [1.807, 2.05) is 13.1 Å². The molecule has 0 bridgehead atoms. The second kappa shape index (κ2) is 4.29. The summed E-state index contributed by atoms with van der Waals surface area (Å²) in [6, 6.07) is 4.04. The normalized spacial score (nSPS) is 25.4. The third-order valence-corrected chi connectivity index (χ3v) is 3.26. The Bertz CT molecular complexity index is 385. The van der Waals surface area contributed by atoms with Crippen molar-refractivity contribution >= 4 is 5.91 Å². The Labute approximate surface area is 96.0 Å². The molecule has 0 spiro atoms. The van der Waals surface area contributed by atoms with E-state index in [1.165, 1.54) is 0 Å². The second-order valence-corrected chi connectivity index (χ2v) is 4.44. The maximum atomic E-state index is 11.6. The molecular formula is C12H19N3O. The van der Waals surface area contributed by atoms with E-state index in [0.717, 1.165) is 18.7 Å². The van der Waals surface area contributed by atoms with Gasteiger partial charge in [-0.05, 0) is 18.6 Å². The Morgan fingerprint density at radius 3 is 2.88 bits per heavy atom. The molecule has 0 radical (unpaired) electrons. The largest absolute Gasteiger partial charge is 0.350 e. The Morgan fingerprint density at radius 2 is 2.31 bits per heavy atom. The molecule has 1 saturated heterocycles. The van der Waals surface area contributed by atoms with Crippen molar-refractivity contribution in [2.45, 2.75) is 38.4 Å². The zero-order valence-corrected chi connectivity index (χ0v) is 9.89. The molecule has 4 heteroatoms. The number of aryl methyl sites for hydroxylation is 1. The average molecular weight is 221 g/mol. The van der Waals surface area contributed by atoms with Crippen LogP contribution in [0.3, 0.4) is 0 Å². The summed E-state index contributed by atoms with van der Waals surface area (Å²) in [7, 11) is 1.84. The summed E-state index contributed by atoms with van der Waals surface area (Å²) in [6.07, 6.45) is 3.60. The van der Waals surface area contributed by atoms with Gasteiger partial charge in [-0.3, -0.25) is 4.79 Å². The quantitative estimate of drug-likeness (QED) is 0.831. The third kappa shape index (κ3) is 1.73. The summed E-state index contributed by atoms with van der Waals surface area (Å²) < 4.78 is 2.19. The number of likely N-dealkylation sites (tertiary alicyclic amines) is 1. The Hall–Kier alpha value is -1.29. The predicted molar refractivity (Wildman–Crippen MR) is 62.8 cm³/mol. The highest BCUT2D eigenvalue weighted by molar-refractivity contribution is 5.79. The van der Waals surface area contributed by atoms with E-state index in [4.69, 9.17) is 5.73 Å². The molecule has 0 aliphatic carbocycles. The Kier molecular flexibility index (Phi) is 3.01. The molecule has 2 N–H and O–H groups in total. The minimum atomic E-state index is -0.0805. The standard InChI is InChI=1S/C12H19N3O/c1-3-6-15-7-4-5-10(15)12-9(13)8-11(16)14(12)2/h4-5,7,9,12H,3,6,8,13H2,1-2H3/t9-,12-/m0/s1. The first kappa shape index (κ1) is 11.2. The van der Waals surface area contributed by atoms with Gasteiger partial charge < -0.3 is 15.2 Å². The van der Waals surface area contributed by atoms with E-state index in [1.54, 1.807) is 4.90 Å². The minimum absolute atomic E-state index is 0.0362. The number of carbonyl (C=O) groups excluding carboxylic acids is 1. The van der Waals surface area contributed by atoms with Crippen molar-refractivity contribution in [3.05, 3.63) is 24.0 Å². The molecule has 1 aliphatic heterocycles. The van der Waals surface area contributed by atoms with Gasteiger partial charge in [0.25, 0.3) is 0 Å². The van der Waals surface area contributed by atoms with Gasteiger partial charge in [-0.25, -0.2) is 0 Å². The molecule has 1 amide bonds. The molecule has 0 saturated carbocycles. The van der Waals surface area contributed by atoms with Crippen LogP contribution in [-0.4, -0.2) is 28.5 Å². The van der Waals surface area contributed by atoms with Crippen molar-refractivity contribution in [2.24, 2.45) is 5.73 Å². The van der Waals surface area contributed by atoms with Gasteiger partial charge in [0.2, 0.25) is 5.91 Å². The zero-order valence-electron chi connectivity index (χ0n) is 9.89. The maximum Gasteiger partial charge on any atom is 0.224 e. The maximum absolute atomic E-state index is 11.6. The van der Waals surface area contributed by atoms with Gasteiger partial charge >= 0.3 is 0 Å². The lowest BCUT2D eigenvalue weighted by Gasteiger charge is -2.24. The van der Waals surface area contributed by atoms with Gasteiger partial charge in [-0.15, -0.1) is 0 Å². The van der Waals surface area contributed by atoms with Crippen LogP contribution in [0.5, 0.6) is 0 Å². The van der Waals surface area contributed by atoms with Crippen LogP contribution in [0.2, 0.25) is 0 Å². The molecule has 0 aromatic carbocycles. The van der Waals surface area contributed by atoms with E-state index >= 15 is 0 Å². The SMILES string of the molecule is CCCn1cccc1[C@@H]1[C@@H](N)CC(=O)N1C. The highest BCUT2D eigenvalue weighted by Gasteiger charge is 2.37. The lowest BCUT2D eigenvalue weighted by molar-refractivity contribution is -0.127. The van der Waals surface area contributed by atoms with E-state index in [2.05, 4.69) is 23.8 Å². The van der Waals surface area contributed by atoms with Crippen molar-refractivity contribution in [2.75, 3.05) is 7.05 Å². The van der Waals surface area contributed by atoms with Gasteiger partial charge in [0.15, 0.2) is 0 Å². The zero-order chi connectivity index (χ0) is 11.7. The van der Waals surface area contributed by atoms with Gasteiger partial charge in [-0.2, -0.15) is 0 Å². The van der Waals surface area contributed by atoms with E-state index in [-0.39, 0.29) is 18.0 Å². The van der Waals surface area contributed by atoms with E-state index in [0.29, 0.717) is 6.42 Å². The highest BCUT2D eigenvalue weighted by Crippen LogP contribution is 2.30. The molecule has 16 heavy (non-hydrogen) atoms. The summed E-state index contributed by atoms with van der Waals surface area (Å²) in [5.74, 6) is 0.141. The van der Waals surface area contributed by atoms with Gasteiger partial charge in [-0.1, -0.05) is 6.92 Å². The van der Waals surface area contributed by atoms with Crippen LogP contribution in [0.4, 0.5) is 0 Å². The van der Waals surface area contributed by atoms with E-state index in [9.17, 15) is 4.79 Å². The summed E-state index contributed by atoms with van der Waals surface area (Å²) >= 11 is 0. The van der Waals surface area contributed by atoms with Crippen molar-refractivity contribution in [1.29, 1.82) is 0 Å². The molecule has 1 aromatic rings. The fraction of sp³-hybridized carbons (Fsp3) is 0.583. The smallest absolute Gasteiger partial charge is 0.224 e. The molecule has 1 fully saturated rings. The fourth-order valence-corrected chi connectivity index (χ4v) is 2.46. The first-order valence-electron chi connectivity index (χ1n) is 5.81. The topological polar surface area (TPSA) is 51.3 Å². The average Bonchev–Trinajstić information content (AvgIpc) is 2.75. The van der Waals surface area contributed by atoms with Crippen LogP contribution in [-0.2, 0) is 11.3 Å². The van der Waals surface area contributed by atoms with Crippen molar-refractivity contribution in [1.82, 2.24) is 9.47 Å². The molecule has 2 atom stereocenters. The number of amides is 1. The molecule has 1 aliphatic rings. The molecular weight excluding hydrogens is 202 g/mol. The summed E-state index contributed by atoms with van der Waals surface area (Å²) in [6.45, 7) is 3.13. The Balaban J connectivity index is 2.29. The van der Waals surface area contributed by atoms with Crippen LogP contribution in [0.25, 0.3) is 0 Å². The second-order valence-electron chi connectivity index (χ2n) is 4.44. The monoisotopic (exact) mass is 221 g/mol. The molecule has 2 rings (SSSR count). The number of likely N-dealkylation sites (N-methyl/N-ethyl adjacent to an activating group) is 1. The number of hydrogen-bond donors (Lipinski definition) is 1. The molecule has 2 heterocycles. The number of nitrogens with two attached hydrogens (primary N) is 1. The van der Waals surface area contributed by atoms with Crippen molar-refractivity contribution in [3.8, 4) is 0 Å². The van der Waals surface area contributed by atoms with Crippen LogP contribution >= 0.6 is 0 Å². The van der Waals surface area contributed by atoms with Crippen LogP contribution < -0.4 is 5.73 Å². The first-order chi connectivity index (χ1) is 7.65.